The van der Waals surface area contributed by atoms with E-state index in [9.17, 15) is 43.2 Å². The Balaban J connectivity index is 5.22. The summed E-state index contributed by atoms with van der Waals surface area (Å²) in [5.41, 5.74) is 0. The van der Waals surface area contributed by atoms with Crippen LogP contribution in [0.1, 0.15) is 395 Å². The lowest BCUT2D eigenvalue weighted by Crippen LogP contribution is -2.30. The molecule has 0 aliphatic rings. The normalized spacial score (nSPS) is 14.3. The average Bonchev–Trinajstić information content (AvgIpc) is 2.33. The number of esters is 4. The average molecular weight is 1410 g/mol. The molecule has 0 aromatic heterocycles. The van der Waals surface area contributed by atoms with E-state index in [1.807, 2.05) is 0 Å². The molecule has 0 aromatic carbocycles. The molecule has 0 heterocycles. The van der Waals surface area contributed by atoms with E-state index < -0.39 is 97.5 Å². The highest BCUT2D eigenvalue weighted by atomic mass is 31.2. The zero-order valence-electron chi connectivity index (χ0n) is 62.8. The van der Waals surface area contributed by atoms with E-state index in [0.29, 0.717) is 31.6 Å². The predicted molar refractivity (Wildman–Crippen MR) is 391 cm³/mol. The molecule has 3 N–H and O–H groups in total. The van der Waals surface area contributed by atoms with Gasteiger partial charge in [0.05, 0.1) is 26.4 Å². The van der Waals surface area contributed by atoms with Gasteiger partial charge in [-0.2, -0.15) is 0 Å². The van der Waals surface area contributed by atoms with Crippen molar-refractivity contribution in [3.8, 4) is 0 Å². The smallest absolute Gasteiger partial charge is 0.462 e. The van der Waals surface area contributed by atoms with E-state index in [-0.39, 0.29) is 25.7 Å². The van der Waals surface area contributed by atoms with Gasteiger partial charge in [0.15, 0.2) is 12.2 Å². The molecule has 6 atom stereocenters. The second-order valence-corrected chi connectivity index (χ2v) is 31.8. The van der Waals surface area contributed by atoms with Crippen LogP contribution in [0.2, 0.25) is 0 Å². The molecule has 19 heteroatoms. The number of unbranched alkanes of at least 4 members (excludes halogenated alkanes) is 42. The zero-order chi connectivity index (χ0) is 70.9. The van der Waals surface area contributed by atoms with Crippen molar-refractivity contribution in [2.75, 3.05) is 39.6 Å². The van der Waals surface area contributed by atoms with Gasteiger partial charge in [0.1, 0.15) is 19.3 Å². The molecule has 0 amide bonds. The van der Waals surface area contributed by atoms with Crippen LogP contribution in [0.5, 0.6) is 0 Å². The molecule has 0 saturated heterocycles. The minimum Gasteiger partial charge on any atom is -0.462 e. The molecule has 96 heavy (non-hydrogen) atoms. The Morgan fingerprint density at radius 2 is 0.531 bits per heavy atom. The van der Waals surface area contributed by atoms with Crippen LogP contribution in [0.3, 0.4) is 0 Å². The van der Waals surface area contributed by atoms with Crippen LogP contribution >= 0.6 is 15.6 Å². The van der Waals surface area contributed by atoms with Gasteiger partial charge >= 0.3 is 39.5 Å². The quantitative estimate of drug-likeness (QED) is 0.0222. The summed E-state index contributed by atoms with van der Waals surface area (Å²) in [5.74, 6) is 0.105. The number of phosphoric acid groups is 2. The van der Waals surface area contributed by atoms with Gasteiger partial charge in [0.2, 0.25) is 0 Å². The number of carbonyl (C=O) groups excluding carboxylic acids is 4. The van der Waals surface area contributed by atoms with Crippen LogP contribution in [0, 0.1) is 17.8 Å². The highest BCUT2D eigenvalue weighted by Gasteiger charge is 2.30. The number of carbonyl (C=O) groups is 4. The highest BCUT2D eigenvalue weighted by molar-refractivity contribution is 7.47. The van der Waals surface area contributed by atoms with E-state index in [1.54, 1.807) is 0 Å². The topological polar surface area (TPSA) is 237 Å². The second-order valence-electron chi connectivity index (χ2n) is 28.9. The first-order valence-corrected chi connectivity index (χ1v) is 42.9. The van der Waals surface area contributed by atoms with E-state index in [2.05, 4.69) is 48.5 Å². The third-order valence-corrected chi connectivity index (χ3v) is 20.1. The predicted octanol–water partition coefficient (Wildman–Crippen LogP) is 22.6. The third-order valence-electron chi connectivity index (χ3n) is 18.2. The van der Waals surface area contributed by atoms with E-state index in [0.717, 1.165) is 108 Å². The summed E-state index contributed by atoms with van der Waals surface area (Å²) in [6.07, 6.45) is 54.4. The maximum atomic E-state index is 13.1. The molecule has 570 valence electrons. The first-order chi connectivity index (χ1) is 46.3. The SMILES string of the molecule is CCCCCCCCCCCCCCCCCCCCCC(=O)O[C@H](COC(=O)CCCCCCCCCCCCCCCCC(C)C)COP(=O)(O)OC[C@@H](O)COP(=O)(O)OC[C@@H](COC(=O)CCCCCCCCC(C)CC)OC(=O)CCCCCCCCCC(C)C. The van der Waals surface area contributed by atoms with Crippen molar-refractivity contribution >= 4 is 39.5 Å². The fourth-order valence-electron chi connectivity index (χ4n) is 11.7. The van der Waals surface area contributed by atoms with Gasteiger partial charge < -0.3 is 33.8 Å². The molecule has 0 radical (unpaired) electrons. The molecule has 17 nitrogen and oxygen atoms in total. The standard InChI is InChI=1S/C77H150O17P2/c1-8-10-11-12-13-14-15-16-17-18-19-20-21-26-29-32-37-46-53-60-76(81)93-72(64-87-74(79)58-51-44-36-31-28-25-23-22-24-27-30-34-41-48-55-68(3)4)66-91-95(83,84)89-62-71(78)63-90-96(85,86)92-67-73(94-77(82)61-54-47-38-33-35-42-49-56-69(5)6)65-88-75(80)59-52-45-40-39-43-50-57-70(7)9-2/h68-73,78H,8-67H2,1-7H3,(H,83,84)(H,85,86)/t70?,71-,72-,73-/m1/s1. The number of ether oxygens (including phenoxy) is 4. The molecule has 0 aliphatic carbocycles. The molecule has 0 fully saturated rings. The fourth-order valence-corrected chi connectivity index (χ4v) is 13.3. The number of rotatable bonds is 75. The maximum Gasteiger partial charge on any atom is 0.472 e. The fraction of sp³-hybridized carbons (Fsp3) is 0.948. The number of hydrogen-bond acceptors (Lipinski definition) is 15. The summed E-state index contributed by atoms with van der Waals surface area (Å²) in [5, 5.41) is 10.6. The van der Waals surface area contributed by atoms with Gasteiger partial charge in [-0.1, -0.05) is 344 Å². The van der Waals surface area contributed by atoms with Crippen molar-refractivity contribution in [2.45, 2.75) is 414 Å². The Morgan fingerprint density at radius 3 is 0.792 bits per heavy atom. The molecule has 0 bridgehead atoms. The third kappa shape index (κ3) is 69.2. The number of aliphatic hydroxyl groups is 1. The number of hydrogen-bond donors (Lipinski definition) is 3. The zero-order valence-corrected chi connectivity index (χ0v) is 64.6. The highest BCUT2D eigenvalue weighted by Crippen LogP contribution is 2.45. The monoisotopic (exact) mass is 1410 g/mol. The van der Waals surface area contributed by atoms with Crippen LogP contribution < -0.4 is 0 Å². The summed E-state index contributed by atoms with van der Waals surface area (Å²) in [4.78, 5) is 72.8. The molecular weight excluding hydrogens is 1260 g/mol. The lowest BCUT2D eigenvalue weighted by atomic mass is 10.00. The van der Waals surface area contributed by atoms with E-state index >= 15 is 0 Å². The Kier molecular flexibility index (Phi) is 66.2. The number of phosphoric ester groups is 2. The summed E-state index contributed by atoms with van der Waals surface area (Å²) >= 11 is 0. The van der Waals surface area contributed by atoms with Gasteiger partial charge in [0.25, 0.3) is 0 Å². The first kappa shape index (κ1) is 94.1. The lowest BCUT2D eigenvalue weighted by Gasteiger charge is -2.21. The molecule has 0 rings (SSSR count). The summed E-state index contributed by atoms with van der Waals surface area (Å²) in [6.45, 7) is 11.8. The molecule has 0 saturated carbocycles. The van der Waals surface area contributed by atoms with Crippen molar-refractivity contribution in [1.82, 2.24) is 0 Å². The lowest BCUT2D eigenvalue weighted by molar-refractivity contribution is -0.161. The molecule has 0 aliphatic heterocycles. The van der Waals surface area contributed by atoms with Crippen molar-refractivity contribution in [2.24, 2.45) is 17.8 Å². The van der Waals surface area contributed by atoms with Crippen molar-refractivity contribution in [3.05, 3.63) is 0 Å². The van der Waals surface area contributed by atoms with E-state index in [4.69, 9.17) is 37.0 Å². The minimum absolute atomic E-state index is 0.103. The van der Waals surface area contributed by atoms with Crippen LogP contribution in [-0.4, -0.2) is 96.7 Å². The van der Waals surface area contributed by atoms with Crippen LogP contribution in [0.25, 0.3) is 0 Å². The van der Waals surface area contributed by atoms with Gasteiger partial charge in [-0.25, -0.2) is 9.13 Å². The molecule has 0 aromatic rings. The van der Waals surface area contributed by atoms with Crippen molar-refractivity contribution < 1.29 is 80.2 Å². The summed E-state index contributed by atoms with van der Waals surface area (Å²) < 4.78 is 68.5. The Labute approximate surface area is 588 Å². The Hall–Kier alpha value is -1.94. The maximum absolute atomic E-state index is 13.1. The van der Waals surface area contributed by atoms with Gasteiger partial charge in [-0.05, 0) is 43.4 Å². The van der Waals surface area contributed by atoms with Crippen LogP contribution in [0.15, 0.2) is 0 Å². The second kappa shape index (κ2) is 67.5. The van der Waals surface area contributed by atoms with E-state index in [1.165, 1.54) is 199 Å². The Morgan fingerprint density at radius 1 is 0.302 bits per heavy atom. The molecule has 3 unspecified atom stereocenters. The summed E-state index contributed by atoms with van der Waals surface area (Å²) in [6, 6.07) is 0. The van der Waals surface area contributed by atoms with Crippen LogP contribution in [-0.2, 0) is 65.4 Å². The summed E-state index contributed by atoms with van der Waals surface area (Å²) in [7, 11) is -9.91. The molecule has 0 spiro atoms. The van der Waals surface area contributed by atoms with Gasteiger partial charge in [-0.3, -0.25) is 37.3 Å². The van der Waals surface area contributed by atoms with Gasteiger partial charge in [-0.15, -0.1) is 0 Å². The van der Waals surface area contributed by atoms with Crippen molar-refractivity contribution in [3.63, 3.8) is 0 Å². The first-order valence-electron chi connectivity index (χ1n) is 39.9. The number of aliphatic hydroxyl groups excluding tert-OH is 1. The van der Waals surface area contributed by atoms with Crippen molar-refractivity contribution in [1.29, 1.82) is 0 Å². The Bertz CT molecular complexity index is 1870. The van der Waals surface area contributed by atoms with Crippen LogP contribution in [0.4, 0.5) is 0 Å². The van der Waals surface area contributed by atoms with Gasteiger partial charge in [0, 0.05) is 25.7 Å². The molecular formula is C77H150O17P2. The largest absolute Gasteiger partial charge is 0.472 e. The minimum atomic E-state index is -4.96.